The van der Waals surface area contributed by atoms with Crippen molar-refractivity contribution in [1.29, 1.82) is 0 Å². The Morgan fingerprint density at radius 2 is 1.62 bits per heavy atom. The van der Waals surface area contributed by atoms with Crippen LogP contribution in [0.25, 0.3) is 0 Å². The van der Waals surface area contributed by atoms with Gasteiger partial charge in [-0.15, -0.1) is 0 Å². The van der Waals surface area contributed by atoms with Gasteiger partial charge in [0.15, 0.2) is 0 Å². The Labute approximate surface area is 145 Å². The summed E-state index contributed by atoms with van der Waals surface area (Å²) in [6, 6.07) is 15.6. The summed E-state index contributed by atoms with van der Waals surface area (Å²) in [5.41, 5.74) is 3.16. The van der Waals surface area contributed by atoms with Gasteiger partial charge in [-0.3, -0.25) is 4.79 Å². The van der Waals surface area contributed by atoms with Crippen LogP contribution in [0.1, 0.15) is 62.1 Å². The highest BCUT2D eigenvalue weighted by atomic mass is 16.5. The molecule has 24 heavy (non-hydrogen) atoms. The fraction of sp³-hybridized carbons (Fsp3) is 0.381. The Balaban J connectivity index is 2.03. The van der Waals surface area contributed by atoms with Crippen LogP contribution in [0.4, 0.5) is 0 Å². The van der Waals surface area contributed by atoms with Gasteiger partial charge in [0.25, 0.3) is 5.91 Å². The summed E-state index contributed by atoms with van der Waals surface area (Å²) in [4.78, 5) is 12.4. The van der Waals surface area contributed by atoms with E-state index >= 15 is 0 Å². The molecule has 0 aromatic heterocycles. The van der Waals surface area contributed by atoms with Gasteiger partial charge in [0.05, 0.1) is 12.6 Å². The van der Waals surface area contributed by atoms with Crippen LogP contribution in [0.3, 0.4) is 0 Å². The molecule has 2 rings (SSSR count). The molecule has 0 heterocycles. The molecule has 1 amide bonds. The molecule has 3 heteroatoms. The fourth-order valence-electron chi connectivity index (χ4n) is 2.50. The van der Waals surface area contributed by atoms with E-state index in [1.165, 1.54) is 5.56 Å². The van der Waals surface area contributed by atoms with E-state index in [1.807, 2.05) is 26.0 Å². The third-order valence-electron chi connectivity index (χ3n) is 4.05. The summed E-state index contributed by atoms with van der Waals surface area (Å²) in [6.07, 6.45) is 0. The zero-order valence-corrected chi connectivity index (χ0v) is 15.2. The average molecular weight is 325 g/mol. The standard InChI is InChI=1S/C21H27NO2/c1-6-24-19-13-9-17(10-14-19)20(23)22-15(2)16-7-11-18(12-8-16)21(3,4)5/h7-15H,6H2,1-5H3,(H,22,23). The van der Waals surface area contributed by atoms with E-state index in [0.29, 0.717) is 12.2 Å². The molecule has 3 nitrogen and oxygen atoms in total. The summed E-state index contributed by atoms with van der Waals surface area (Å²) >= 11 is 0. The molecule has 0 bridgehead atoms. The summed E-state index contributed by atoms with van der Waals surface area (Å²) in [7, 11) is 0. The van der Waals surface area contributed by atoms with Gasteiger partial charge in [0.1, 0.15) is 5.75 Å². The molecule has 0 saturated heterocycles. The molecule has 2 aromatic rings. The first-order valence-corrected chi connectivity index (χ1v) is 8.45. The van der Waals surface area contributed by atoms with Gasteiger partial charge in [-0.25, -0.2) is 0 Å². The predicted octanol–water partition coefficient (Wildman–Crippen LogP) is 4.87. The van der Waals surface area contributed by atoms with E-state index in [-0.39, 0.29) is 17.4 Å². The normalized spacial score (nSPS) is 12.5. The highest BCUT2D eigenvalue weighted by molar-refractivity contribution is 5.94. The SMILES string of the molecule is CCOc1ccc(C(=O)NC(C)c2ccc(C(C)(C)C)cc2)cc1. The zero-order valence-electron chi connectivity index (χ0n) is 15.2. The van der Waals surface area contributed by atoms with Gasteiger partial charge >= 0.3 is 0 Å². The Kier molecular flexibility index (Phi) is 5.66. The number of nitrogens with one attached hydrogen (secondary N) is 1. The Hall–Kier alpha value is -2.29. The number of hydrogen-bond donors (Lipinski definition) is 1. The minimum atomic E-state index is -0.0783. The van der Waals surface area contributed by atoms with Crippen molar-refractivity contribution >= 4 is 5.91 Å². The van der Waals surface area contributed by atoms with Crippen molar-refractivity contribution in [3.05, 3.63) is 65.2 Å². The molecular formula is C21H27NO2. The second-order valence-corrected chi connectivity index (χ2v) is 7.02. The molecular weight excluding hydrogens is 298 g/mol. The summed E-state index contributed by atoms with van der Waals surface area (Å²) < 4.78 is 5.40. The first kappa shape index (κ1) is 18.1. The van der Waals surface area contributed by atoms with E-state index in [0.717, 1.165) is 11.3 Å². The third-order valence-corrected chi connectivity index (χ3v) is 4.05. The van der Waals surface area contributed by atoms with Crippen molar-refractivity contribution in [2.45, 2.75) is 46.1 Å². The molecule has 0 spiro atoms. The molecule has 128 valence electrons. The highest BCUT2D eigenvalue weighted by Gasteiger charge is 2.15. The van der Waals surface area contributed by atoms with Crippen molar-refractivity contribution in [2.24, 2.45) is 0 Å². The average Bonchev–Trinajstić information content (AvgIpc) is 2.55. The maximum atomic E-state index is 12.4. The zero-order chi connectivity index (χ0) is 17.7. The molecule has 0 aliphatic heterocycles. The molecule has 0 fully saturated rings. The topological polar surface area (TPSA) is 38.3 Å². The number of benzene rings is 2. The number of hydrogen-bond acceptors (Lipinski definition) is 2. The van der Waals surface area contributed by atoms with Crippen LogP contribution in [0.15, 0.2) is 48.5 Å². The third kappa shape index (κ3) is 4.60. The van der Waals surface area contributed by atoms with Crippen molar-refractivity contribution in [3.8, 4) is 5.75 Å². The maximum Gasteiger partial charge on any atom is 0.251 e. The van der Waals surface area contributed by atoms with E-state index in [4.69, 9.17) is 4.74 Å². The first-order valence-electron chi connectivity index (χ1n) is 8.45. The molecule has 0 aliphatic rings. The number of carbonyl (C=O) groups excluding carboxylic acids is 1. The largest absolute Gasteiger partial charge is 0.494 e. The Morgan fingerprint density at radius 3 is 2.12 bits per heavy atom. The van der Waals surface area contributed by atoms with Gasteiger partial charge < -0.3 is 10.1 Å². The lowest BCUT2D eigenvalue weighted by Crippen LogP contribution is -2.26. The molecule has 0 radical (unpaired) electrons. The van der Waals surface area contributed by atoms with E-state index in [9.17, 15) is 4.79 Å². The lowest BCUT2D eigenvalue weighted by Gasteiger charge is -2.20. The Morgan fingerprint density at radius 1 is 1.04 bits per heavy atom. The van der Waals surface area contributed by atoms with Crippen LogP contribution in [0.2, 0.25) is 0 Å². The van der Waals surface area contributed by atoms with Crippen molar-refractivity contribution < 1.29 is 9.53 Å². The number of rotatable bonds is 5. The molecule has 2 aromatic carbocycles. The summed E-state index contributed by atoms with van der Waals surface area (Å²) in [5.74, 6) is 0.699. The summed E-state index contributed by atoms with van der Waals surface area (Å²) in [6.45, 7) is 11.1. The first-order chi connectivity index (χ1) is 11.3. The van der Waals surface area contributed by atoms with Crippen LogP contribution in [0, 0.1) is 0 Å². The molecule has 0 aliphatic carbocycles. The van der Waals surface area contributed by atoms with Crippen LogP contribution < -0.4 is 10.1 Å². The molecule has 1 unspecified atom stereocenters. The van der Waals surface area contributed by atoms with Crippen molar-refractivity contribution in [3.63, 3.8) is 0 Å². The second-order valence-electron chi connectivity index (χ2n) is 7.02. The van der Waals surface area contributed by atoms with Crippen LogP contribution >= 0.6 is 0 Å². The maximum absolute atomic E-state index is 12.4. The molecule has 0 saturated carbocycles. The van der Waals surface area contributed by atoms with Gasteiger partial charge in [0.2, 0.25) is 0 Å². The van der Waals surface area contributed by atoms with Gasteiger partial charge in [-0.1, -0.05) is 45.0 Å². The Bertz CT molecular complexity index is 666. The van der Waals surface area contributed by atoms with E-state index < -0.39 is 0 Å². The second kappa shape index (κ2) is 7.52. The predicted molar refractivity (Wildman–Crippen MR) is 98.6 cm³/mol. The number of carbonyl (C=O) groups is 1. The molecule has 1 N–H and O–H groups in total. The smallest absolute Gasteiger partial charge is 0.251 e. The quantitative estimate of drug-likeness (QED) is 0.851. The van der Waals surface area contributed by atoms with Gasteiger partial charge in [0, 0.05) is 5.56 Å². The van der Waals surface area contributed by atoms with Crippen LogP contribution in [-0.4, -0.2) is 12.5 Å². The van der Waals surface area contributed by atoms with Crippen LogP contribution in [0.5, 0.6) is 5.75 Å². The van der Waals surface area contributed by atoms with Gasteiger partial charge in [-0.05, 0) is 54.7 Å². The van der Waals surface area contributed by atoms with E-state index in [2.05, 4.69) is 50.4 Å². The van der Waals surface area contributed by atoms with Crippen molar-refractivity contribution in [2.75, 3.05) is 6.61 Å². The van der Waals surface area contributed by atoms with E-state index in [1.54, 1.807) is 12.1 Å². The number of ether oxygens (including phenoxy) is 1. The lowest BCUT2D eigenvalue weighted by molar-refractivity contribution is 0.0940. The lowest BCUT2D eigenvalue weighted by atomic mass is 9.86. The highest BCUT2D eigenvalue weighted by Crippen LogP contribution is 2.24. The fourth-order valence-corrected chi connectivity index (χ4v) is 2.50. The minimum Gasteiger partial charge on any atom is -0.494 e. The summed E-state index contributed by atoms with van der Waals surface area (Å²) in [5, 5.41) is 3.04. The van der Waals surface area contributed by atoms with Crippen molar-refractivity contribution in [1.82, 2.24) is 5.32 Å². The number of amides is 1. The minimum absolute atomic E-state index is 0.0434. The van der Waals surface area contributed by atoms with Gasteiger partial charge in [-0.2, -0.15) is 0 Å². The van der Waals surface area contributed by atoms with Crippen LogP contribution in [-0.2, 0) is 5.41 Å². The molecule has 1 atom stereocenters. The monoisotopic (exact) mass is 325 g/mol.